The van der Waals surface area contributed by atoms with Crippen LogP contribution in [-0.2, 0) is 0 Å². The van der Waals surface area contributed by atoms with Gasteiger partial charge in [0.15, 0.2) is 0 Å². The first-order valence-electron chi connectivity index (χ1n) is 4.23. The number of nitrogens with zero attached hydrogens (tertiary/aromatic N) is 3. The highest BCUT2D eigenvalue weighted by molar-refractivity contribution is 5.79. The second-order valence-electron chi connectivity index (χ2n) is 2.82. The van der Waals surface area contributed by atoms with Crippen molar-refractivity contribution in [3.8, 4) is 5.69 Å². The predicted octanol–water partition coefficient (Wildman–Crippen LogP) is 1.16. The van der Waals surface area contributed by atoms with Gasteiger partial charge in [-0.1, -0.05) is 12.1 Å². The maximum absolute atomic E-state index is 5.05. The van der Waals surface area contributed by atoms with Crippen molar-refractivity contribution in [2.45, 2.75) is 0 Å². The molecule has 1 aromatic heterocycles. The van der Waals surface area contributed by atoms with Crippen LogP contribution in [0.3, 0.4) is 0 Å². The summed E-state index contributed by atoms with van der Waals surface area (Å²) in [4.78, 5) is 0. The SMILES string of the molecule is NN=Cc1ccc(-n2cccn2)cc1. The molecule has 2 N–H and O–H groups in total. The number of nitrogens with two attached hydrogens (primary N) is 1. The molecule has 2 rings (SSSR count). The summed E-state index contributed by atoms with van der Waals surface area (Å²) in [6.07, 6.45) is 5.24. The van der Waals surface area contributed by atoms with Crippen LogP contribution >= 0.6 is 0 Å². The van der Waals surface area contributed by atoms with E-state index in [1.54, 1.807) is 17.1 Å². The number of hydrogen-bond donors (Lipinski definition) is 1. The van der Waals surface area contributed by atoms with Crippen molar-refractivity contribution in [2.75, 3.05) is 0 Å². The van der Waals surface area contributed by atoms with Crippen LogP contribution in [0.5, 0.6) is 0 Å². The number of hydrazone groups is 1. The van der Waals surface area contributed by atoms with Gasteiger partial charge in [0.1, 0.15) is 0 Å². The molecular weight excluding hydrogens is 176 g/mol. The molecular formula is C10H10N4. The van der Waals surface area contributed by atoms with Crippen molar-refractivity contribution in [3.63, 3.8) is 0 Å². The average Bonchev–Trinajstić information content (AvgIpc) is 2.72. The predicted molar refractivity (Wildman–Crippen MR) is 55.3 cm³/mol. The molecule has 4 nitrogen and oxygen atoms in total. The van der Waals surface area contributed by atoms with Crippen molar-refractivity contribution in [1.29, 1.82) is 0 Å². The van der Waals surface area contributed by atoms with E-state index in [1.165, 1.54) is 0 Å². The lowest BCUT2D eigenvalue weighted by Crippen LogP contribution is -1.94. The highest BCUT2D eigenvalue weighted by Crippen LogP contribution is 2.06. The smallest absolute Gasteiger partial charge is 0.0645 e. The quantitative estimate of drug-likeness (QED) is 0.434. The highest BCUT2D eigenvalue weighted by atomic mass is 15.3. The summed E-state index contributed by atoms with van der Waals surface area (Å²) in [5.41, 5.74) is 1.99. The van der Waals surface area contributed by atoms with E-state index in [2.05, 4.69) is 10.2 Å². The van der Waals surface area contributed by atoms with Crippen LogP contribution in [0.25, 0.3) is 5.69 Å². The Morgan fingerprint density at radius 2 is 2.07 bits per heavy atom. The zero-order valence-electron chi connectivity index (χ0n) is 7.54. The Hall–Kier alpha value is -2.10. The van der Waals surface area contributed by atoms with Crippen LogP contribution in [0.4, 0.5) is 0 Å². The summed E-state index contributed by atoms with van der Waals surface area (Å²) < 4.78 is 1.80. The molecule has 0 bridgehead atoms. The molecule has 0 aliphatic carbocycles. The third-order valence-electron chi connectivity index (χ3n) is 1.89. The van der Waals surface area contributed by atoms with Crippen LogP contribution < -0.4 is 5.84 Å². The molecule has 14 heavy (non-hydrogen) atoms. The molecule has 0 spiro atoms. The first-order valence-corrected chi connectivity index (χ1v) is 4.23. The van der Waals surface area contributed by atoms with E-state index in [1.807, 2.05) is 36.5 Å². The van der Waals surface area contributed by atoms with Gasteiger partial charge in [0.05, 0.1) is 11.9 Å². The molecule has 0 saturated carbocycles. The summed E-state index contributed by atoms with van der Waals surface area (Å²) in [6, 6.07) is 9.68. The minimum atomic E-state index is 0.975. The second-order valence-corrected chi connectivity index (χ2v) is 2.82. The van der Waals surface area contributed by atoms with E-state index in [4.69, 9.17) is 5.84 Å². The topological polar surface area (TPSA) is 56.2 Å². The molecule has 0 radical (unpaired) electrons. The van der Waals surface area contributed by atoms with E-state index in [-0.39, 0.29) is 0 Å². The minimum Gasteiger partial charge on any atom is -0.323 e. The summed E-state index contributed by atoms with van der Waals surface area (Å²) in [6.45, 7) is 0. The van der Waals surface area contributed by atoms with Crippen molar-refractivity contribution >= 4 is 6.21 Å². The van der Waals surface area contributed by atoms with Crippen molar-refractivity contribution < 1.29 is 0 Å². The number of aromatic nitrogens is 2. The summed E-state index contributed by atoms with van der Waals surface area (Å²) >= 11 is 0. The van der Waals surface area contributed by atoms with Crippen LogP contribution in [0.15, 0.2) is 47.8 Å². The zero-order valence-corrected chi connectivity index (χ0v) is 7.54. The van der Waals surface area contributed by atoms with Crippen molar-refractivity contribution in [3.05, 3.63) is 48.3 Å². The van der Waals surface area contributed by atoms with Gasteiger partial charge < -0.3 is 5.84 Å². The molecule has 0 fully saturated rings. The van der Waals surface area contributed by atoms with Gasteiger partial charge in [-0.25, -0.2) is 4.68 Å². The molecule has 2 aromatic rings. The lowest BCUT2D eigenvalue weighted by molar-refractivity contribution is 0.880. The van der Waals surface area contributed by atoms with E-state index in [9.17, 15) is 0 Å². The van der Waals surface area contributed by atoms with Gasteiger partial charge in [0.2, 0.25) is 0 Å². The molecule has 4 heteroatoms. The van der Waals surface area contributed by atoms with Crippen LogP contribution in [0, 0.1) is 0 Å². The fraction of sp³-hybridized carbons (Fsp3) is 0. The molecule has 70 valence electrons. The molecule has 0 unspecified atom stereocenters. The Balaban J connectivity index is 2.31. The van der Waals surface area contributed by atoms with Gasteiger partial charge in [-0.2, -0.15) is 10.2 Å². The molecule has 0 atom stereocenters. The van der Waals surface area contributed by atoms with Crippen LogP contribution in [0.1, 0.15) is 5.56 Å². The number of hydrogen-bond acceptors (Lipinski definition) is 3. The van der Waals surface area contributed by atoms with Gasteiger partial charge in [0.25, 0.3) is 0 Å². The Morgan fingerprint density at radius 3 is 2.64 bits per heavy atom. The Morgan fingerprint density at radius 1 is 1.29 bits per heavy atom. The lowest BCUT2D eigenvalue weighted by Gasteiger charge is -2.00. The second kappa shape index (κ2) is 3.74. The van der Waals surface area contributed by atoms with Crippen molar-refractivity contribution in [2.24, 2.45) is 10.9 Å². The molecule has 0 aliphatic rings. The average molecular weight is 186 g/mol. The molecule has 0 aliphatic heterocycles. The van der Waals surface area contributed by atoms with Crippen LogP contribution in [0.2, 0.25) is 0 Å². The molecule has 1 heterocycles. The minimum absolute atomic E-state index is 0.975. The van der Waals surface area contributed by atoms with Gasteiger partial charge in [-0.3, -0.25) is 0 Å². The third kappa shape index (κ3) is 1.64. The van der Waals surface area contributed by atoms with Gasteiger partial charge >= 0.3 is 0 Å². The summed E-state index contributed by atoms with van der Waals surface area (Å²) in [5.74, 6) is 5.05. The molecule has 0 saturated heterocycles. The Bertz CT molecular complexity index is 414. The Kier molecular flexibility index (Phi) is 2.27. The first kappa shape index (κ1) is 8.50. The van der Waals surface area contributed by atoms with Gasteiger partial charge in [0, 0.05) is 12.4 Å². The molecule has 1 aromatic carbocycles. The Labute approximate surface area is 81.7 Å². The fourth-order valence-corrected chi connectivity index (χ4v) is 1.22. The fourth-order valence-electron chi connectivity index (χ4n) is 1.22. The maximum Gasteiger partial charge on any atom is 0.0645 e. The zero-order chi connectivity index (χ0) is 9.80. The van der Waals surface area contributed by atoms with E-state index in [0.29, 0.717) is 0 Å². The number of benzene rings is 1. The lowest BCUT2D eigenvalue weighted by atomic mass is 10.2. The standard InChI is InChI=1S/C10H10N4/c11-12-8-9-2-4-10(5-3-9)14-7-1-6-13-14/h1-8H,11H2. The monoisotopic (exact) mass is 186 g/mol. The first-order chi connectivity index (χ1) is 6.90. The maximum atomic E-state index is 5.05. The highest BCUT2D eigenvalue weighted by Gasteiger charge is 1.94. The van der Waals surface area contributed by atoms with Crippen LogP contribution in [-0.4, -0.2) is 16.0 Å². The van der Waals surface area contributed by atoms with Crippen molar-refractivity contribution in [1.82, 2.24) is 9.78 Å². The third-order valence-corrected chi connectivity index (χ3v) is 1.89. The number of rotatable bonds is 2. The van der Waals surface area contributed by atoms with E-state index in [0.717, 1.165) is 11.3 Å². The summed E-state index contributed by atoms with van der Waals surface area (Å²) in [5, 5.41) is 7.57. The van der Waals surface area contributed by atoms with Gasteiger partial charge in [-0.15, -0.1) is 0 Å². The summed E-state index contributed by atoms with van der Waals surface area (Å²) in [7, 11) is 0. The largest absolute Gasteiger partial charge is 0.323 e. The van der Waals surface area contributed by atoms with E-state index < -0.39 is 0 Å². The molecule has 0 amide bonds. The van der Waals surface area contributed by atoms with Gasteiger partial charge in [-0.05, 0) is 23.8 Å². The van der Waals surface area contributed by atoms with E-state index >= 15 is 0 Å². The normalized spacial score (nSPS) is 10.9.